The molecular formula is C21H24N6O3S. The number of hydrogen-bond donors (Lipinski definition) is 0. The number of ether oxygens (including phenoxy) is 1. The Morgan fingerprint density at radius 3 is 2.48 bits per heavy atom. The lowest BCUT2D eigenvalue weighted by Crippen LogP contribution is -2.48. The highest BCUT2D eigenvalue weighted by Gasteiger charge is 2.30. The predicted molar refractivity (Wildman–Crippen MR) is 118 cm³/mol. The van der Waals surface area contributed by atoms with Crippen LogP contribution < -0.4 is 9.80 Å². The Bertz CT molecular complexity index is 1170. The van der Waals surface area contributed by atoms with Gasteiger partial charge in [0.25, 0.3) is 0 Å². The van der Waals surface area contributed by atoms with Crippen molar-refractivity contribution in [3.8, 4) is 0 Å². The van der Waals surface area contributed by atoms with Crippen molar-refractivity contribution in [3.05, 3.63) is 48.8 Å². The van der Waals surface area contributed by atoms with Gasteiger partial charge in [-0.2, -0.15) is 9.40 Å². The normalized spacial score (nSPS) is 18.5. The maximum Gasteiger partial charge on any atom is 0.245 e. The van der Waals surface area contributed by atoms with Crippen LogP contribution >= 0.6 is 0 Å². The minimum absolute atomic E-state index is 0.263. The summed E-state index contributed by atoms with van der Waals surface area (Å²) in [4.78, 5) is 8.90. The largest absolute Gasteiger partial charge is 0.378 e. The fraction of sp³-hybridized carbons (Fsp3) is 0.381. The molecular weight excluding hydrogens is 416 g/mol. The first kappa shape index (κ1) is 20.1. The van der Waals surface area contributed by atoms with Gasteiger partial charge >= 0.3 is 0 Å². The average molecular weight is 441 g/mol. The van der Waals surface area contributed by atoms with Gasteiger partial charge in [0.15, 0.2) is 5.82 Å². The molecule has 2 aliphatic heterocycles. The third-order valence-electron chi connectivity index (χ3n) is 5.78. The van der Waals surface area contributed by atoms with E-state index in [1.165, 1.54) is 0 Å². The van der Waals surface area contributed by atoms with Crippen LogP contribution in [0.5, 0.6) is 0 Å². The van der Waals surface area contributed by atoms with Crippen molar-refractivity contribution >= 4 is 32.4 Å². The summed E-state index contributed by atoms with van der Waals surface area (Å²) in [6, 6.07) is 11.0. The van der Waals surface area contributed by atoms with E-state index in [2.05, 4.69) is 25.0 Å². The summed E-state index contributed by atoms with van der Waals surface area (Å²) in [5, 5.41) is 9.25. The average Bonchev–Trinajstić information content (AvgIpc) is 2.84. The summed E-state index contributed by atoms with van der Waals surface area (Å²) in [6.07, 6.45) is 3.37. The van der Waals surface area contributed by atoms with Gasteiger partial charge in [-0.05, 0) is 12.1 Å². The third-order valence-corrected chi connectivity index (χ3v) is 7.71. The Morgan fingerprint density at radius 1 is 0.903 bits per heavy atom. The first-order chi connectivity index (χ1) is 15.1. The molecule has 0 saturated carbocycles. The van der Waals surface area contributed by atoms with E-state index < -0.39 is 10.0 Å². The molecule has 0 bridgehead atoms. The van der Waals surface area contributed by atoms with E-state index in [1.807, 2.05) is 24.3 Å². The van der Waals surface area contributed by atoms with Gasteiger partial charge in [-0.25, -0.2) is 8.42 Å². The quantitative estimate of drug-likeness (QED) is 0.601. The fourth-order valence-electron chi connectivity index (χ4n) is 4.08. The second kappa shape index (κ2) is 8.37. The van der Waals surface area contributed by atoms with Crippen molar-refractivity contribution in [1.29, 1.82) is 0 Å². The smallest absolute Gasteiger partial charge is 0.245 e. The number of piperazine rings is 1. The molecule has 0 atom stereocenters. The lowest BCUT2D eigenvalue weighted by molar-refractivity contribution is 0.122. The predicted octanol–water partition coefficient (Wildman–Crippen LogP) is 1.37. The van der Waals surface area contributed by atoms with Crippen molar-refractivity contribution < 1.29 is 13.2 Å². The zero-order valence-corrected chi connectivity index (χ0v) is 17.9. The molecule has 0 aliphatic carbocycles. The van der Waals surface area contributed by atoms with E-state index in [1.54, 1.807) is 28.8 Å². The third kappa shape index (κ3) is 3.93. The molecule has 9 nitrogen and oxygen atoms in total. The zero-order valence-electron chi connectivity index (χ0n) is 17.1. The first-order valence-electron chi connectivity index (χ1n) is 10.4. The molecule has 2 aromatic heterocycles. The number of morpholine rings is 1. The van der Waals surface area contributed by atoms with Gasteiger partial charge in [-0.15, -0.1) is 5.10 Å². The van der Waals surface area contributed by atoms with Crippen LogP contribution in [0.2, 0.25) is 0 Å². The van der Waals surface area contributed by atoms with Gasteiger partial charge in [-0.3, -0.25) is 4.98 Å². The monoisotopic (exact) mass is 440 g/mol. The van der Waals surface area contributed by atoms with Gasteiger partial charge in [0.1, 0.15) is 4.90 Å². The summed E-state index contributed by atoms with van der Waals surface area (Å²) in [7, 11) is -3.63. The van der Waals surface area contributed by atoms with Crippen molar-refractivity contribution in [2.24, 2.45) is 0 Å². The molecule has 0 unspecified atom stereocenters. The van der Waals surface area contributed by atoms with E-state index in [-0.39, 0.29) is 4.90 Å². The van der Waals surface area contributed by atoms with E-state index in [0.717, 1.165) is 30.0 Å². The molecule has 3 aromatic rings. The molecule has 162 valence electrons. The first-order valence-corrected chi connectivity index (χ1v) is 11.8. The second-order valence-electron chi connectivity index (χ2n) is 7.59. The van der Waals surface area contributed by atoms with Gasteiger partial charge in [0.2, 0.25) is 10.0 Å². The molecule has 2 fully saturated rings. The van der Waals surface area contributed by atoms with Crippen LogP contribution in [0.4, 0.5) is 11.5 Å². The van der Waals surface area contributed by atoms with E-state index in [0.29, 0.717) is 44.9 Å². The molecule has 0 spiro atoms. The Kier molecular flexibility index (Phi) is 5.43. The Morgan fingerprint density at radius 2 is 1.68 bits per heavy atom. The molecule has 10 heteroatoms. The highest BCUT2D eigenvalue weighted by atomic mass is 32.2. The number of rotatable bonds is 4. The van der Waals surface area contributed by atoms with Crippen LogP contribution in [-0.2, 0) is 14.8 Å². The Balaban J connectivity index is 1.32. The van der Waals surface area contributed by atoms with E-state index in [4.69, 9.17) is 4.74 Å². The van der Waals surface area contributed by atoms with Gasteiger partial charge in [0.05, 0.1) is 30.6 Å². The maximum atomic E-state index is 13.3. The molecule has 0 radical (unpaired) electrons. The number of benzene rings is 1. The minimum atomic E-state index is -3.63. The lowest BCUT2D eigenvalue weighted by atomic mass is 10.2. The number of hydrogen-bond acceptors (Lipinski definition) is 8. The van der Waals surface area contributed by atoms with Crippen molar-refractivity contribution in [2.45, 2.75) is 4.90 Å². The molecule has 2 saturated heterocycles. The van der Waals surface area contributed by atoms with E-state index >= 15 is 0 Å². The molecule has 1 aromatic carbocycles. The van der Waals surface area contributed by atoms with Crippen molar-refractivity contribution in [1.82, 2.24) is 19.5 Å². The summed E-state index contributed by atoms with van der Waals surface area (Å²) in [5.74, 6) is 0.831. The van der Waals surface area contributed by atoms with Gasteiger partial charge < -0.3 is 14.5 Å². The highest BCUT2D eigenvalue weighted by Crippen LogP contribution is 2.26. The number of nitrogens with zero attached hydrogens (tertiary/aromatic N) is 6. The standard InChI is InChI=1S/C21H24N6O3S/c28-31(29,19-5-1-3-17-4-2-6-22-21(17)19)27-9-7-25(8-10-27)18-15-20(24-23-16-18)26-11-13-30-14-12-26/h1-6,15-16H,7-14H2. The number of para-hydroxylation sites is 1. The lowest BCUT2D eigenvalue weighted by Gasteiger charge is -2.35. The molecule has 4 heterocycles. The number of aromatic nitrogens is 3. The van der Waals surface area contributed by atoms with Crippen LogP contribution in [0.3, 0.4) is 0 Å². The number of sulfonamides is 1. The van der Waals surface area contributed by atoms with Gasteiger partial charge in [-0.1, -0.05) is 18.2 Å². The number of pyridine rings is 1. The van der Waals surface area contributed by atoms with Crippen LogP contribution in [0.15, 0.2) is 53.7 Å². The van der Waals surface area contributed by atoms with Crippen LogP contribution in [-0.4, -0.2) is 80.4 Å². The van der Waals surface area contributed by atoms with Crippen molar-refractivity contribution in [3.63, 3.8) is 0 Å². The molecule has 5 rings (SSSR count). The molecule has 0 N–H and O–H groups in total. The number of anilines is 2. The molecule has 2 aliphatic rings. The van der Waals surface area contributed by atoms with Crippen LogP contribution in [0.1, 0.15) is 0 Å². The maximum absolute atomic E-state index is 13.3. The van der Waals surface area contributed by atoms with E-state index in [9.17, 15) is 8.42 Å². The molecule has 31 heavy (non-hydrogen) atoms. The highest BCUT2D eigenvalue weighted by molar-refractivity contribution is 7.89. The second-order valence-corrected chi connectivity index (χ2v) is 9.50. The van der Waals surface area contributed by atoms with Gasteiger partial charge in [0, 0.05) is 56.9 Å². The summed E-state index contributed by atoms with van der Waals surface area (Å²) >= 11 is 0. The zero-order chi connectivity index (χ0) is 21.3. The summed E-state index contributed by atoms with van der Waals surface area (Å²) in [6.45, 7) is 4.95. The van der Waals surface area contributed by atoms with Crippen molar-refractivity contribution in [2.75, 3.05) is 62.3 Å². The SMILES string of the molecule is O=S(=O)(c1cccc2cccnc12)N1CCN(c2cnnc(N3CCOCC3)c2)CC1. The van der Waals surface area contributed by atoms with Crippen LogP contribution in [0.25, 0.3) is 10.9 Å². The minimum Gasteiger partial charge on any atom is -0.378 e. The summed E-state index contributed by atoms with van der Waals surface area (Å²) < 4.78 is 33.6. The Hall–Kier alpha value is -2.82. The fourth-order valence-corrected chi connectivity index (χ4v) is 5.66. The molecule has 0 amide bonds. The number of fused-ring (bicyclic) bond motifs is 1. The Labute approximate surface area is 181 Å². The topological polar surface area (TPSA) is 91.8 Å². The summed E-state index contributed by atoms with van der Waals surface area (Å²) in [5.41, 5.74) is 1.47. The van der Waals surface area contributed by atoms with Crippen LogP contribution in [0, 0.1) is 0 Å².